The fraction of sp³-hybridized carbons (Fsp3) is 0.200. The number of hydrogen-bond acceptors (Lipinski definition) is 5. The largest absolute Gasteiger partial charge is 0.354 e. The van der Waals surface area contributed by atoms with Gasteiger partial charge in [0.25, 0.3) is 11.8 Å². The number of nitrogens with one attached hydrogen (secondary N) is 1. The van der Waals surface area contributed by atoms with Crippen LogP contribution in [0.3, 0.4) is 0 Å². The van der Waals surface area contributed by atoms with E-state index < -0.39 is 11.8 Å². The van der Waals surface area contributed by atoms with Crippen LogP contribution >= 0.6 is 11.3 Å². The van der Waals surface area contributed by atoms with Crippen LogP contribution in [0.4, 0.5) is 0 Å². The normalized spacial score (nSPS) is 13.4. The van der Waals surface area contributed by atoms with Gasteiger partial charge < -0.3 is 5.32 Å². The van der Waals surface area contributed by atoms with Gasteiger partial charge in [-0.1, -0.05) is 12.1 Å². The molecule has 2 heterocycles. The van der Waals surface area contributed by atoms with E-state index in [9.17, 15) is 14.4 Å². The first-order valence-electron chi connectivity index (χ1n) is 6.76. The van der Waals surface area contributed by atoms with Crippen molar-refractivity contribution in [3.8, 4) is 0 Å². The predicted octanol–water partition coefficient (Wildman–Crippen LogP) is 1.10. The molecule has 2 aromatic rings. The van der Waals surface area contributed by atoms with Gasteiger partial charge in [-0.2, -0.15) is 0 Å². The maximum absolute atomic E-state index is 12.1. The molecule has 1 aromatic carbocycles. The molecular weight excluding hydrogens is 302 g/mol. The lowest BCUT2D eigenvalue weighted by atomic mass is 10.1. The number of imide groups is 1. The van der Waals surface area contributed by atoms with Gasteiger partial charge in [0.05, 0.1) is 16.6 Å². The van der Waals surface area contributed by atoms with Gasteiger partial charge in [0.2, 0.25) is 5.91 Å². The first-order chi connectivity index (χ1) is 10.7. The third-order valence-corrected chi connectivity index (χ3v) is 4.20. The Labute approximate surface area is 130 Å². The monoisotopic (exact) mass is 315 g/mol. The second-order valence-electron chi connectivity index (χ2n) is 4.81. The molecule has 0 saturated carbocycles. The van der Waals surface area contributed by atoms with E-state index in [2.05, 4.69) is 10.3 Å². The van der Waals surface area contributed by atoms with Crippen molar-refractivity contribution >= 4 is 29.1 Å². The maximum atomic E-state index is 12.1. The van der Waals surface area contributed by atoms with Crippen LogP contribution in [0.5, 0.6) is 0 Å². The summed E-state index contributed by atoms with van der Waals surface area (Å²) in [4.78, 5) is 42.1. The van der Waals surface area contributed by atoms with Crippen molar-refractivity contribution in [2.24, 2.45) is 0 Å². The van der Waals surface area contributed by atoms with Crippen LogP contribution in [0.15, 0.2) is 36.0 Å². The molecule has 0 saturated heterocycles. The van der Waals surface area contributed by atoms with E-state index in [1.807, 2.05) is 0 Å². The summed E-state index contributed by atoms with van der Waals surface area (Å²) in [5.74, 6) is -1.18. The molecule has 1 aliphatic rings. The highest BCUT2D eigenvalue weighted by Gasteiger charge is 2.36. The summed E-state index contributed by atoms with van der Waals surface area (Å²) >= 11 is 1.52. The minimum atomic E-state index is -0.418. The van der Waals surface area contributed by atoms with Crippen molar-refractivity contribution in [1.82, 2.24) is 15.2 Å². The van der Waals surface area contributed by atoms with Gasteiger partial charge in [0, 0.05) is 24.0 Å². The predicted molar refractivity (Wildman–Crippen MR) is 80.6 cm³/mol. The van der Waals surface area contributed by atoms with Crippen LogP contribution in [0, 0.1) is 0 Å². The van der Waals surface area contributed by atoms with E-state index in [1.165, 1.54) is 11.3 Å². The average Bonchev–Trinajstić information content (AvgIpc) is 3.11. The Kier molecular flexibility index (Phi) is 3.97. The standard InChI is InChI=1S/C15H13N3O3S/c19-13(17-6-5-10-7-16-9-22-10)8-18-14(20)11-3-1-2-4-12(11)15(18)21/h1-4,7,9H,5-6,8H2,(H,17,19). The number of carbonyl (C=O) groups is 3. The number of amides is 3. The van der Waals surface area contributed by atoms with E-state index >= 15 is 0 Å². The Morgan fingerprint density at radius 2 is 1.86 bits per heavy atom. The molecule has 22 heavy (non-hydrogen) atoms. The lowest BCUT2D eigenvalue weighted by molar-refractivity contribution is -0.121. The van der Waals surface area contributed by atoms with Crippen LogP contribution in [0.2, 0.25) is 0 Å². The number of hydrogen-bond donors (Lipinski definition) is 1. The number of aromatic nitrogens is 1. The van der Waals surface area contributed by atoms with E-state index in [1.54, 1.807) is 36.0 Å². The fourth-order valence-electron chi connectivity index (χ4n) is 2.27. The maximum Gasteiger partial charge on any atom is 0.262 e. The number of fused-ring (bicyclic) bond motifs is 1. The third-order valence-electron chi connectivity index (χ3n) is 3.36. The first kappa shape index (κ1) is 14.4. The van der Waals surface area contributed by atoms with E-state index in [4.69, 9.17) is 0 Å². The van der Waals surface area contributed by atoms with E-state index in [0.717, 1.165) is 9.78 Å². The highest BCUT2D eigenvalue weighted by atomic mass is 32.1. The van der Waals surface area contributed by atoms with Crippen LogP contribution in [0.1, 0.15) is 25.6 Å². The minimum Gasteiger partial charge on any atom is -0.354 e. The Morgan fingerprint density at radius 3 is 2.45 bits per heavy atom. The molecular formula is C15H13N3O3S. The van der Waals surface area contributed by atoms with Crippen molar-refractivity contribution < 1.29 is 14.4 Å². The molecule has 1 aromatic heterocycles. The molecule has 0 fully saturated rings. The number of carbonyl (C=O) groups excluding carboxylic acids is 3. The van der Waals surface area contributed by atoms with Crippen molar-refractivity contribution in [2.75, 3.05) is 13.1 Å². The topological polar surface area (TPSA) is 79.4 Å². The highest BCUT2D eigenvalue weighted by molar-refractivity contribution is 7.09. The summed E-state index contributed by atoms with van der Waals surface area (Å²) < 4.78 is 0. The number of thiazole rings is 1. The molecule has 6 nitrogen and oxygen atoms in total. The zero-order valence-electron chi connectivity index (χ0n) is 11.6. The van der Waals surface area contributed by atoms with E-state index in [-0.39, 0.29) is 12.5 Å². The summed E-state index contributed by atoms with van der Waals surface area (Å²) in [6, 6.07) is 6.58. The number of nitrogens with zero attached hydrogens (tertiary/aromatic N) is 2. The molecule has 0 aliphatic carbocycles. The van der Waals surface area contributed by atoms with Crippen LogP contribution < -0.4 is 5.32 Å². The number of rotatable bonds is 5. The molecule has 0 unspecified atom stereocenters. The van der Waals surface area contributed by atoms with E-state index in [0.29, 0.717) is 24.1 Å². The molecule has 3 amide bonds. The second-order valence-corrected chi connectivity index (χ2v) is 5.78. The van der Waals surface area contributed by atoms with Crippen LogP contribution in [0.25, 0.3) is 0 Å². The van der Waals surface area contributed by atoms with Gasteiger partial charge in [-0.3, -0.25) is 24.3 Å². The van der Waals surface area contributed by atoms with Crippen LogP contribution in [-0.4, -0.2) is 40.7 Å². The lowest BCUT2D eigenvalue weighted by Gasteiger charge is -2.13. The SMILES string of the molecule is O=C(CN1C(=O)c2ccccc2C1=O)NCCc1cncs1. The summed E-state index contributed by atoms with van der Waals surface area (Å²) in [6.45, 7) is 0.194. The Morgan fingerprint density at radius 1 is 1.18 bits per heavy atom. The van der Waals surface area contributed by atoms with Crippen LogP contribution in [-0.2, 0) is 11.2 Å². The van der Waals surface area contributed by atoms with Gasteiger partial charge in [-0.15, -0.1) is 11.3 Å². The molecule has 112 valence electrons. The fourth-order valence-corrected chi connectivity index (χ4v) is 2.87. The molecule has 7 heteroatoms. The molecule has 1 N–H and O–H groups in total. The third kappa shape index (κ3) is 2.75. The number of benzene rings is 1. The summed E-state index contributed by atoms with van der Waals surface area (Å²) in [5, 5.41) is 2.71. The highest BCUT2D eigenvalue weighted by Crippen LogP contribution is 2.21. The lowest BCUT2D eigenvalue weighted by Crippen LogP contribution is -2.40. The Bertz CT molecular complexity index is 692. The molecule has 1 aliphatic heterocycles. The van der Waals surface area contributed by atoms with Gasteiger partial charge in [-0.05, 0) is 12.1 Å². The molecule has 0 spiro atoms. The molecule has 3 rings (SSSR count). The second kappa shape index (κ2) is 6.07. The summed E-state index contributed by atoms with van der Waals surface area (Å²) in [5.41, 5.74) is 2.44. The molecule has 0 atom stereocenters. The van der Waals surface area contributed by atoms with Crippen molar-refractivity contribution in [1.29, 1.82) is 0 Å². The Balaban J connectivity index is 1.56. The van der Waals surface area contributed by atoms with Gasteiger partial charge in [-0.25, -0.2) is 0 Å². The summed E-state index contributed by atoms with van der Waals surface area (Å²) in [7, 11) is 0. The minimum absolute atomic E-state index is 0.255. The van der Waals surface area contributed by atoms with Gasteiger partial charge in [0.1, 0.15) is 6.54 Å². The quantitative estimate of drug-likeness (QED) is 0.838. The first-order valence-corrected chi connectivity index (χ1v) is 7.64. The zero-order chi connectivity index (χ0) is 15.5. The average molecular weight is 315 g/mol. The van der Waals surface area contributed by atoms with Crippen molar-refractivity contribution in [3.63, 3.8) is 0 Å². The Hall–Kier alpha value is -2.54. The van der Waals surface area contributed by atoms with Gasteiger partial charge in [0.15, 0.2) is 0 Å². The van der Waals surface area contributed by atoms with Crippen molar-refractivity contribution in [3.05, 3.63) is 52.0 Å². The summed E-state index contributed by atoms with van der Waals surface area (Å²) in [6.07, 6.45) is 2.43. The zero-order valence-corrected chi connectivity index (χ0v) is 12.4. The van der Waals surface area contributed by atoms with Crippen molar-refractivity contribution in [2.45, 2.75) is 6.42 Å². The molecule has 0 radical (unpaired) electrons. The van der Waals surface area contributed by atoms with Gasteiger partial charge >= 0.3 is 0 Å². The molecule has 0 bridgehead atoms. The smallest absolute Gasteiger partial charge is 0.262 e.